The van der Waals surface area contributed by atoms with Gasteiger partial charge in [-0.3, -0.25) is 0 Å². The number of carbonyl (C=O) groups excluding carboxylic acids is 1. The van der Waals surface area contributed by atoms with Crippen LogP contribution in [0.25, 0.3) is 0 Å². The first-order valence-electron chi connectivity index (χ1n) is 7.88. The van der Waals surface area contributed by atoms with Crippen LogP contribution in [-0.4, -0.2) is 16.5 Å². The Balaban J connectivity index is 2.61. The molecule has 2 nitrogen and oxygen atoms in total. The molecular formula is C18H28O2Si. The van der Waals surface area contributed by atoms with Crippen molar-refractivity contribution in [1.82, 2.24) is 0 Å². The van der Waals surface area contributed by atoms with Crippen molar-refractivity contribution in [3.05, 3.63) is 48.0 Å². The Hall–Kier alpha value is -1.35. The minimum absolute atomic E-state index is 0.0895. The van der Waals surface area contributed by atoms with Crippen molar-refractivity contribution < 1.29 is 9.22 Å². The minimum atomic E-state index is -0.238. The molecule has 0 bridgehead atoms. The van der Waals surface area contributed by atoms with E-state index in [0.717, 1.165) is 18.8 Å². The summed E-state index contributed by atoms with van der Waals surface area (Å²) in [7, 11) is 0.422. The predicted octanol–water partition coefficient (Wildman–Crippen LogP) is 3.76. The lowest BCUT2D eigenvalue weighted by atomic mass is 9.87. The van der Waals surface area contributed by atoms with Gasteiger partial charge in [-0.25, -0.2) is 4.79 Å². The molecule has 1 rings (SSSR count). The molecule has 116 valence electrons. The maximum atomic E-state index is 11.8. The molecule has 0 fully saturated rings. The average Bonchev–Trinajstić information content (AvgIpc) is 2.50. The summed E-state index contributed by atoms with van der Waals surface area (Å²) in [6, 6.07) is 10.2. The Kier molecular flexibility index (Phi) is 8.06. The van der Waals surface area contributed by atoms with Gasteiger partial charge >= 0.3 is 5.97 Å². The summed E-state index contributed by atoms with van der Waals surface area (Å²) in [6.07, 6.45) is 5.85. The number of carbonyl (C=O) groups is 1. The van der Waals surface area contributed by atoms with Crippen LogP contribution < -0.4 is 0 Å². The van der Waals surface area contributed by atoms with E-state index in [1.54, 1.807) is 0 Å². The summed E-state index contributed by atoms with van der Waals surface area (Å²) in [5.74, 6) is 0.620. The fraction of sp³-hybridized carbons (Fsp3) is 0.500. The first-order valence-corrected chi connectivity index (χ1v) is 8.70. The lowest BCUT2D eigenvalue weighted by molar-refractivity contribution is -0.130. The van der Waals surface area contributed by atoms with Crippen molar-refractivity contribution in [3.63, 3.8) is 0 Å². The molecule has 21 heavy (non-hydrogen) atoms. The lowest BCUT2D eigenvalue weighted by Gasteiger charge is -2.19. The standard InChI is InChI=1S/C18H28O2Si/c1-14(2)10-6-4-9-13-17(15(3)18(19)20-21)16-11-7-5-8-12-16/h5,7-8,11-12,14,17H,3-4,6,9-10,13H2,1-2,21H3. The third-order valence-corrected chi connectivity index (χ3v) is 4.22. The van der Waals surface area contributed by atoms with E-state index in [0.29, 0.717) is 16.1 Å². The third kappa shape index (κ3) is 6.30. The first-order chi connectivity index (χ1) is 10.1. The molecule has 0 spiro atoms. The second-order valence-electron chi connectivity index (χ2n) is 6.01. The SMILES string of the molecule is C=C(C(=O)O[SiH3])C(CCCCCC(C)C)c1ccccc1. The van der Waals surface area contributed by atoms with Gasteiger partial charge in [0, 0.05) is 11.5 Å². The molecule has 0 aliphatic heterocycles. The van der Waals surface area contributed by atoms with Gasteiger partial charge in [-0.2, -0.15) is 0 Å². The average molecular weight is 305 g/mol. The molecule has 1 aromatic rings. The molecule has 0 aliphatic rings. The van der Waals surface area contributed by atoms with E-state index in [2.05, 4.69) is 32.6 Å². The Morgan fingerprint density at radius 1 is 1.14 bits per heavy atom. The van der Waals surface area contributed by atoms with Gasteiger partial charge in [-0.1, -0.05) is 76.4 Å². The second kappa shape index (κ2) is 9.56. The number of rotatable bonds is 9. The Labute approximate surface area is 132 Å². The highest BCUT2D eigenvalue weighted by atomic mass is 28.2. The van der Waals surface area contributed by atoms with Crippen LogP contribution in [0.1, 0.15) is 57.4 Å². The van der Waals surface area contributed by atoms with Crippen LogP contribution in [0.3, 0.4) is 0 Å². The van der Waals surface area contributed by atoms with Crippen LogP contribution in [0.15, 0.2) is 42.5 Å². The number of hydrogen-bond donors (Lipinski definition) is 0. The van der Waals surface area contributed by atoms with Crippen molar-refractivity contribution in [2.45, 2.75) is 51.9 Å². The molecule has 0 aromatic heterocycles. The number of unbranched alkanes of at least 4 members (excludes halogenated alkanes) is 2. The van der Waals surface area contributed by atoms with Crippen LogP contribution in [0.5, 0.6) is 0 Å². The minimum Gasteiger partial charge on any atom is -0.525 e. The molecule has 1 aromatic carbocycles. The summed E-state index contributed by atoms with van der Waals surface area (Å²) in [6.45, 7) is 8.50. The van der Waals surface area contributed by atoms with E-state index < -0.39 is 0 Å². The molecule has 0 aliphatic carbocycles. The van der Waals surface area contributed by atoms with Gasteiger partial charge in [-0.15, -0.1) is 0 Å². The topological polar surface area (TPSA) is 26.3 Å². The van der Waals surface area contributed by atoms with Gasteiger partial charge in [0.1, 0.15) is 0 Å². The van der Waals surface area contributed by atoms with Crippen molar-refractivity contribution >= 4 is 16.5 Å². The van der Waals surface area contributed by atoms with Gasteiger partial charge < -0.3 is 4.43 Å². The second-order valence-corrected chi connectivity index (χ2v) is 6.42. The summed E-state index contributed by atoms with van der Waals surface area (Å²) in [5, 5.41) is 0. The molecule has 0 radical (unpaired) electrons. The molecule has 0 amide bonds. The highest BCUT2D eigenvalue weighted by Gasteiger charge is 2.20. The molecule has 0 saturated heterocycles. The van der Waals surface area contributed by atoms with Crippen molar-refractivity contribution in [2.75, 3.05) is 0 Å². The van der Waals surface area contributed by atoms with Crippen molar-refractivity contribution in [1.29, 1.82) is 0 Å². The molecule has 3 heteroatoms. The quantitative estimate of drug-likeness (QED) is 0.394. The van der Waals surface area contributed by atoms with Crippen LogP contribution in [-0.2, 0) is 9.22 Å². The fourth-order valence-electron chi connectivity index (χ4n) is 2.58. The van der Waals surface area contributed by atoms with Crippen molar-refractivity contribution in [2.24, 2.45) is 5.92 Å². The Morgan fingerprint density at radius 2 is 1.76 bits per heavy atom. The Morgan fingerprint density at radius 3 is 2.33 bits per heavy atom. The van der Waals surface area contributed by atoms with Gasteiger partial charge in [0.05, 0.1) is 0 Å². The molecule has 1 atom stereocenters. The number of hydrogen-bond acceptors (Lipinski definition) is 2. The van der Waals surface area contributed by atoms with Crippen LogP contribution in [0.2, 0.25) is 0 Å². The first kappa shape index (κ1) is 17.7. The monoisotopic (exact) mass is 304 g/mol. The summed E-state index contributed by atoms with van der Waals surface area (Å²) in [4.78, 5) is 11.8. The van der Waals surface area contributed by atoms with E-state index in [-0.39, 0.29) is 11.9 Å². The molecule has 1 unspecified atom stereocenters. The summed E-state index contributed by atoms with van der Waals surface area (Å²) >= 11 is 0. The van der Waals surface area contributed by atoms with Crippen LogP contribution in [0.4, 0.5) is 0 Å². The summed E-state index contributed by atoms with van der Waals surface area (Å²) in [5.41, 5.74) is 1.76. The molecule has 0 heterocycles. The van der Waals surface area contributed by atoms with Gasteiger partial charge in [0.15, 0.2) is 0 Å². The normalized spacial score (nSPS) is 12.3. The Bertz CT molecular complexity index is 440. The van der Waals surface area contributed by atoms with E-state index in [1.165, 1.54) is 24.8 Å². The maximum Gasteiger partial charge on any atom is 0.320 e. The van der Waals surface area contributed by atoms with Crippen LogP contribution >= 0.6 is 0 Å². The fourth-order valence-corrected chi connectivity index (χ4v) is 2.84. The zero-order valence-corrected chi connectivity index (χ0v) is 15.6. The zero-order chi connectivity index (χ0) is 15.7. The molecule has 0 N–H and O–H groups in total. The van der Waals surface area contributed by atoms with Crippen LogP contribution in [0, 0.1) is 5.92 Å². The largest absolute Gasteiger partial charge is 0.525 e. The van der Waals surface area contributed by atoms with Gasteiger partial charge in [0.2, 0.25) is 10.5 Å². The smallest absolute Gasteiger partial charge is 0.320 e. The van der Waals surface area contributed by atoms with E-state index in [1.807, 2.05) is 18.2 Å². The van der Waals surface area contributed by atoms with Gasteiger partial charge in [0.25, 0.3) is 0 Å². The maximum absolute atomic E-state index is 11.8. The van der Waals surface area contributed by atoms with E-state index >= 15 is 0 Å². The molecule has 0 saturated carbocycles. The highest BCUT2D eigenvalue weighted by Crippen LogP contribution is 2.29. The number of benzene rings is 1. The van der Waals surface area contributed by atoms with Gasteiger partial charge in [-0.05, 0) is 17.9 Å². The third-order valence-electron chi connectivity index (χ3n) is 3.84. The lowest BCUT2D eigenvalue weighted by Crippen LogP contribution is -2.13. The summed E-state index contributed by atoms with van der Waals surface area (Å²) < 4.78 is 4.97. The van der Waals surface area contributed by atoms with E-state index in [9.17, 15) is 4.79 Å². The highest BCUT2D eigenvalue weighted by molar-refractivity contribution is 6.09. The molecular weight excluding hydrogens is 276 g/mol. The zero-order valence-electron chi connectivity index (χ0n) is 13.6. The van der Waals surface area contributed by atoms with E-state index in [4.69, 9.17) is 4.43 Å². The predicted molar refractivity (Wildman–Crippen MR) is 92.3 cm³/mol. The van der Waals surface area contributed by atoms with Crippen molar-refractivity contribution in [3.8, 4) is 0 Å².